The standard InChI is InChI=1S/C23H25NO3/c1-16-12-17(2)14-22(13-16)26-11-10-24-23(25)18(3)27-21-9-8-19-6-4-5-7-20(19)15-21/h4-9,12-15,18H,10-11H2,1-3H3,(H,24,25)/t18-/m0/s1. The van der Waals surface area contributed by atoms with E-state index in [2.05, 4.69) is 11.4 Å². The number of fused-ring (bicyclic) bond motifs is 1. The van der Waals surface area contributed by atoms with E-state index in [-0.39, 0.29) is 5.91 Å². The molecule has 0 fully saturated rings. The van der Waals surface area contributed by atoms with Gasteiger partial charge in [0.15, 0.2) is 6.10 Å². The number of hydrogen-bond donors (Lipinski definition) is 1. The molecule has 0 radical (unpaired) electrons. The van der Waals surface area contributed by atoms with Crippen LogP contribution in [0.15, 0.2) is 60.7 Å². The van der Waals surface area contributed by atoms with Crippen molar-refractivity contribution in [3.05, 3.63) is 71.8 Å². The summed E-state index contributed by atoms with van der Waals surface area (Å²) in [5.74, 6) is 1.34. The molecule has 0 aromatic heterocycles. The lowest BCUT2D eigenvalue weighted by molar-refractivity contribution is -0.127. The van der Waals surface area contributed by atoms with Crippen molar-refractivity contribution in [3.63, 3.8) is 0 Å². The van der Waals surface area contributed by atoms with Crippen LogP contribution in [-0.4, -0.2) is 25.2 Å². The average molecular weight is 363 g/mol. The Labute approximate surface area is 160 Å². The van der Waals surface area contributed by atoms with Gasteiger partial charge in [-0.15, -0.1) is 0 Å². The summed E-state index contributed by atoms with van der Waals surface area (Å²) in [7, 11) is 0. The van der Waals surface area contributed by atoms with Gasteiger partial charge < -0.3 is 14.8 Å². The lowest BCUT2D eigenvalue weighted by Crippen LogP contribution is -2.38. The van der Waals surface area contributed by atoms with Crippen LogP contribution in [0.25, 0.3) is 10.8 Å². The second kappa shape index (κ2) is 8.58. The molecule has 1 N–H and O–H groups in total. The van der Waals surface area contributed by atoms with E-state index >= 15 is 0 Å². The summed E-state index contributed by atoms with van der Waals surface area (Å²) in [4.78, 5) is 12.2. The highest BCUT2D eigenvalue weighted by Crippen LogP contribution is 2.21. The first-order valence-corrected chi connectivity index (χ1v) is 9.15. The number of benzene rings is 3. The Morgan fingerprint density at radius 2 is 1.63 bits per heavy atom. The van der Waals surface area contributed by atoms with Gasteiger partial charge >= 0.3 is 0 Å². The minimum Gasteiger partial charge on any atom is -0.492 e. The Hall–Kier alpha value is -3.01. The van der Waals surface area contributed by atoms with Crippen molar-refractivity contribution >= 4 is 16.7 Å². The van der Waals surface area contributed by atoms with Gasteiger partial charge in [-0.2, -0.15) is 0 Å². The average Bonchev–Trinajstić information content (AvgIpc) is 2.64. The molecule has 0 saturated carbocycles. The van der Waals surface area contributed by atoms with E-state index in [1.54, 1.807) is 6.92 Å². The van der Waals surface area contributed by atoms with E-state index in [0.29, 0.717) is 18.9 Å². The second-order valence-electron chi connectivity index (χ2n) is 6.73. The molecular formula is C23H25NO3. The number of carbonyl (C=O) groups excluding carboxylic acids is 1. The van der Waals surface area contributed by atoms with Gasteiger partial charge in [0.05, 0.1) is 6.54 Å². The maximum absolute atomic E-state index is 12.2. The predicted molar refractivity (Wildman–Crippen MR) is 108 cm³/mol. The molecule has 0 bridgehead atoms. The molecule has 4 heteroatoms. The first-order chi connectivity index (χ1) is 13.0. The van der Waals surface area contributed by atoms with Crippen molar-refractivity contribution in [1.29, 1.82) is 0 Å². The fraction of sp³-hybridized carbons (Fsp3) is 0.261. The van der Waals surface area contributed by atoms with Gasteiger partial charge in [0, 0.05) is 0 Å². The van der Waals surface area contributed by atoms with Gasteiger partial charge in [-0.1, -0.05) is 36.4 Å². The quantitative estimate of drug-likeness (QED) is 0.632. The molecule has 0 saturated heterocycles. The third-order valence-electron chi connectivity index (χ3n) is 4.27. The molecule has 1 atom stereocenters. The molecule has 0 aliphatic carbocycles. The number of rotatable bonds is 7. The van der Waals surface area contributed by atoms with Gasteiger partial charge in [0.25, 0.3) is 5.91 Å². The number of aryl methyl sites for hydroxylation is 2. The predicted octanol–water partition coefficient (Wildman–Crippen LogP) is 4.42. The summed E-state index contributed by atoms with van der Waals surface area (Å²) in [5, 5.41) is 5.08. The summed E-state index contributed by atoms with van der Waals surface area (Å²) in [6.45, 7) is 6.66. The minimum atomic E-state index is -0.577. The summed E-state index contributed by atoms with van der Waals surface area (Å²) in [5.41, 5.74) is 2.32. The molecule has 0 aliphatic rings. The summed E-state index contributed by atoms with van der Waals surface area (Å²) in [6.07, 6.45) is -0.577. The highest BCUT2D eigenvalue weighted by molar-refractivity contribution is 5.84. The molecule has 0 unspecified atom stereocenters. The van der Waals surface area contributed by atoms with E-state index in [1.165, 1.54) is 0 Å². The van der Waals surface area contributed by atoms with Crippen LogP contribution in [0.5, 0.6) is 11.5 Å². The molecule has 3 rings (SSSR count). The van der Waals surface area contributed by atoms with Crippen LogP contribution in [0.1, 0.15) is 18.1 Å². The van der Waals surface area contributed by atoms with Gasteiger partial charge in [0.2, 0.25) is 0 Å². The molecule has 3 aromatic carbocycles. The fourth-order valence-corrected chi connectivity index (χ4v) is 3.00. The van der Waals surface area contributed by atoms with Crippen LogP contribution in [0.3, 0.4) is 0 Å². The van der Waals surface area contributed by atoms with Crippen molar-refractivity contribution in [2.45, 2.75) is 26.9 Å². The third-order valence-corrected chi connectivity index (χ3v) is 4.27. The number of ether oxygens (including phenoxy) is 2. The van der Waals surface area contributed by atoms with Crippen molar-refractivity contribution in [3.8, 4) is 11.5 Å². The normalized spacial score (nSPS) is 11.8. The first-order valence-electron chi connectivity index (χ1n) is 9.15. The number of hydrogen-bond acceptors (Lipinski definition) is 3. The van der Waals surface area contributed by atoms with Crippen molar-refractivity contribution in [2.24, 2.45) is 0 Å². The third kappa shape index (κ3) is 5.23. The van der Waals surface area contributed by atoms with Gasteiger partial charge in [-0.25, -0.2) is 0 Å². The van der Waals surface area contributed by atoms with E-state index in [0.717, 1.165) is 27.6 Å². The maximum atomic E-state index is 12.2. The fourth-order valence-electron chi connectivity index (χ4n) is 3.00. The Kier molecular flexibility index (Phi) is 5.97. The molecule has 0 heterocycles. The van der Waals surface area contributed by atoms with Gasteiger partial charge in [0.1, 0.15) is 18.1 Å². The number of carbonyl (C=O) groups is 1. The Balaban J connectivity index is 1.47. The van der Waals surface area contributed by atoms with Crippen LogP contribution in [0.2, 0.25) is 0 Å². The largest absolute Gasteiger partial charge is 0.492 e. The van der Waals surface area contributed by atoms with Gasteiger partial charge in [-0.3, -0.25) is 4.79 Å². The molecule has 140 valence electrons. The SMILES string of the molecule is Cc1cc(C)cc(OCCNC(=O)[C@H](C)Oc2ccc3ccccc3c2)c1. The molecule has 0 aliphatic heterocycles. The zero-order valence-electron chi connectivity index (χ0n) is 16.0. The van der Waals surface area contributed by atoms with Crippen LogP contribution >= 0.6 is 0 Å². The van der Waals surface area contributed by atoms with Crippen LogP contribution in [-0.2, 0) is 4.79 Å². The first kappa shape index (κ1) is 18.8. The molecular weight excluding hydrogens is 338 g/mol. The van der Waals surface area contributed by atoms with Crippen LogP contribution < -0.4 is 14.8 Å². The van der Waals surface area contributed by atoms with E-state index in [1.807, 2.05) is 68.4 Å². The minimum absolute atomic E-state index is 0.160. The van der Waals surface area contributed by atoms with Gasteiger partial charge in [-0.05, 0) is 66.9 Å². The van der Waals surface area contributed by atoms with E-state index in [4.69, 9.17) is 9.47 Å². The molecule has 1 amide bonds. The highest BCUT2D eigenvalue weighted by Gasteiger charge is 2.14. The topological polar surface area (TPSA) is 47.6 Å². The number of nitrogens with one attached hydrogen (secondary N) is 1. The van der Waals surface area contributed by atoms with Crippen LogP contribution in [0, 0.1) is 13.8 Å². The summed E-state index contributed by atoms with van der Waals surface area (Å²) >= 11 is 0. The van der Waals surface area contributed by atoms with Crippen molar-refractivity contribution in [2.75, 3.05) is 13.2 Å². The Morgan fingerprint density at radius 1 is 0.926 bits per heavy atom. The van der Waals surface area contributed by atoms with Crippen LogP contribution in [0.4, 0.5) is 0 Å². The molecule has 3 aromatic rings. The highest BCUT2D eigenvalue weighted by atomic mass is 16.5. The Bertz CT molecular complexity index is 916. The summed E-state index contributed by atoms with van der Waals surface area (Å²) < 4.78 is 11.5. The van der Waals surface area contributed by atoms with E-state index < -0.39 is 6.10 Å². The van der Waals surface area contributed by atoms with E-state index in [9.17, 15) is 4.79 Å². The monoisotopic (exact) mass is 363 g/mol. The summed E-state index contributed by atoms with van der Waals surface area (Å²) in [6, 6.07) is 19.9. The Morgan fingerprint density at radius 3 is 2.37 bits per heavy atom. The molecule has 0 spiro atoms. The lowest BCUT2D eigenvalue weighted by atomic mass is 10.1. The number of amides is 1. The second-order valence-corrected chi connectivity index (χ2v) is 6.73. The molecule has 27 heavy (non-hydrogen) atoms. The van der Waals surface area contributed by atoms with Crippen molar-refractivity contribution in [1.82, 2.24) is 5.32 Å². The van der Waals surface area contributed by atoms with Crippen molar-refractivity contribution < 1.29 is 14.3 Å². The maximum Gasteiger partial charge on any atom is 0.260 e. The smallest absolute Gasteiger partial charge is 0.260 e. The lowest BCUT2D eigenvalue weighted by Gasteiger charge is -2.15. The molecule has 4 nitrogen and oxygen atoms in total. The zero-order valence-corrected chi connectivity index (χ0v) is 16.0. The zero-order chi connectivity index (χ0) is 19.2.